The maximum absolute atomic E-state index is 13.9. The van der Waals surface area contributed by atoms with Crippen LogP contribution in [0, 0.1) is 29.6 Å². The predicted molar refractivity (Wildman–Crippen MR) is 490 cm³/mol. The van der Waals surface area contributed by atoms with Crippen LogP contribution in [0.2, 0.25) is 0 Å². The number of nitrogens with two attached hydrogens (primary N) is 4. The lowest BCUT2D eigenvalue weighted by atomic mass is 10.00. The fraction of sp³-hybridized carbons (Fsp3) is 0.553. The quantitative estimate of drug-likeness (QED) is 0.0558. The summed E-state index contributed by atoms with van der Waals surface area (Å²) in [6, 6.07) is 37.5. The number of hydrogen-bond donors (Lipinski definition) is 12. The zero-order valence-corrected chi connectivity index (χ0v) is 77.1. The van der Waals surface area contributed by atoms with Gasteiger partial charge in [0.2, 0.25) is 23.6 Å². The molecule has 29 heteroatoms. The number of likely N-dealkylation sites (N-methyl/N-ethyl adjacent to an activating group) is 2. The number of nitrogens with one attached hydrogen (secondary N) is 1. The Morgan fingerprint density at radius 1 is 0.377 bits per heavy atom. The average molecular weight is 1640 g/mol. The molecule has 0 radical (unpaired) electrons. The highest BCUT2D eigenvalue weighted by Crippen LogP contribution is 2.17. The lowest BCUT2D eigenvalue weighted by Crippen LogP contribution is -2.58. The first kappa shape index (κ1) is 173. The number of likely N-dealkylation sites (tertiary alicyclic amines) is 1. The summed E-state index contributed by atoms with van der Waals surface area (Å²) in [4.78, 5) is 137. The molecule has 114 heavy (non-hydrogen) atoms. The topological polar surface area (TPSA) is 595 Å². The number of aryl methyl sites for hydroxylation is 2. The summed E-state index contributed by atoms with van der Waals surface area (Å²) >= 11 is 0. The van der Waals surface area contributed by atoms with E-state index in [1.54, 1.807) is 39.8 Å². The van der Waals surface area contributed by atoms with Gasteiger partial charge in [-0.15, -0.1) is 0 Å². The van der Waals surface area contributed by atoms with Gasteiger partial charge in [-0.2, -0.15) is 0 Å². The van der Waals surface area contributed by atoms with Gasteiger partial charge in [-0.05, 0) is 133 Å². The van der Waals surface area contributed by atoms with Crippen LogP contribution in [0.3, 0.4) is 0 Å². The monoisotopic (exact) mass is 1640 g/mol. The molecule has 1 heterocycles. The number of hydrogen-bond acceptors (Lipinski definition) is 25. The number of rotatable bonds is 14. The first-order chi connectivity index (χ1) is 51.5. The molecule has 1 saturated heterocycles. The molecule has 28 N–H and O–H groups in total. The standard InChI is InChI=1S/C30H40N4O4.2C8H10.2C5H12.3C4H10.C3H8O.4CH5N.10CH2O.6H3N/c1-22(29(37)34-18-12-7-13-19-34)31-28(36)26(20-24-14-8-5-9-15-24)33(4)30(38)27(32(3)23(2)35)21-25-16-10-6-11-17-25;2*1-2-8-6-4-3-5-7-8;2*1-4-5(2)3;3*1-4(2)3;1-3(2)4;14*1-2;;;;;;/h5-6,8-11,14-17,22,26-27H,7,12-13,18-21H2,1-4H3,(H,31,36);2*3-7H,2H2,1H3;2*5H,4H2,1-3H3;3*4H,1-3H3;3-4H,1-2H3;4*2H2,1H3;10*1H2;6*1H3/t22-,26-,27-;;;;;;;;;;;;;;;;;;;;;;;;;;;;/m0............................/s1. The summed E-state index contributed by atoms with van der Waals surface area (Å²) in [6.07, 6.45) is 8.36. The van der Waals surface area contributed by atoms with Gasteiger partial charge < -0.3 is 133 Å². The van der Waals surface area contributed by atoms with Crippen molar-refractivity contribution in [1.29, 1.82) is 0 Å². The van der Waals surface area contributed by atoms with Crippen LogP contribution in [-0.4, -0.2) is 191 Å². The molecule has 0 spiro atoms. The van der Waals surface area contributed by atoms with E-state index in [0.717, 1.165) is 72.8 Å². The Labute approximate surface area is 696 Å². The number of benzene rings is 4. The third-order valence-electron chi connectivity index (χ3n) is 11.4. The Kier molecular flexibility index (Phi) is 243. The van der Waals surface area contributed by atoms with Gasteiger partial charge >= 0.3 is 0 Å². The third-order valence-corrected chi connectivity index (χ3v) is 11.4. The van der Waals surface area contributed by atoms with Crippen LogP contribution in [0.5, 0.6) is 0 Å². The highest BCUT2D eigenvalue weighted by atomic mass is 16.3. The number of carbonyl (C=O) groups is 14. The van der Waals surface area contributed by atoms with Crippen LogP contribution in [0.1, 0.15) is 200 Å². The Hall–Kier alpha value is -8.98. The predicted octanol–water partition coefficient (Wildman–Crippen LogP) is 14.1. The van der Waals surface area contributed by atoms with E-state index in [0.29, 0.717) is 19.5 Å². The molecule has 0 saturated carbocycles. The smallest absolute Gasteiger partial charge is 0.246 e. The first-order valence-electron chi connectivity index (χ1n) is 35.6. The van der Waals surface area contributed by atoms with E-state index in [9.17, 15) is 19.2 Å². The van der Waals surface area contributed by atoms with Gasteiger partial charge in [-0.1, -0.05) is 252 Å². The summed E-state index contributed by atoms with van der Waals surface area (Å²) < 4.78 is 0. The Bertz CT molecular complexity index is 2150. The average Bonchev–Trinajstić information content (AvgIpc) is 0.821. The molecular formula is C85H180N14O15. The van der Waals surface area contributed by atoms with Crippen molar-refractivity contribution in [3.05, 3.63) is 144 Å². The molecule has 4 amide bonds. The van der Waals surface area contributed by atoms with Crippen LogP contribution in [-0.2, 0) is 92.8 Å². The van der Waals surface area contributed by atoms with Gasteiger partial charge in [0.25, 0.3) is 0 Å². The molecule has 0 bridgehead atoms. The fourth-order valence-electron chi connectivity index (χ4n) is 6.27. The van der Waals surface area contributed by atoms with Crippen molar-refractivity contribution in [2.45, 2.75) is 227 Å². The number of amides is 4. The molecule has 5 rings (SSSR count). The molecule has 1 aliphatic rings. The molecule has 3 atom stereocenters. The van der Waals surface area contributed by atoms with Gasteiger partial charge in [0.1, 0.15) is 86.0 Å². The second-order valence-corrected chi connectivity index (χ2v) is 23.7. The summed E-state index contributed by atoms with van der Waals surface area (Å²) in [5.41, 5.74) is 22.6. The van der Waals surface area contributed by atoms with E-state index in [1.807, 2.05) is 141 Å². The Morgan fingerprint density at radius 2 is 0.570 bits per heavy atom. The van der Waals surface area contributed by atoms with Crippen molar-refractivity contribution in [2.24, 2.45) is 52.5 Å². The highest BCUT2D eigenvalue weighted by Gasteiger charge is 2.36. The molecule has 0 aromatic heterocycles. The molecule has 1 aliphatic heterocycles. The van der Waals surface area contributed by atoms with Crippen LogP contribution in [0.25, 0.3) is 0 Å². The zero-order chi connectivity index (χ0) is 90.2. The van der Waals surface area contributed by atoms with Crippen molar-refractivity contribution in [1.82, 2.24) is 56.9 Å². The minimum atomic E-state index is -0.861. The van der Waals surface area contributed by atoms with Crippen molar-refractivity contribution in [3.63, 3.8) is 0 Å². The maximum Gasteiger partial charge on any atom is 0.246 e. The molecule has 4 aromatic rings. The number of piperidine rings is 1. The fourth-order valence-corrected chi connectivity index (χ4v) is 6.27. The largest absolute Gasteiger partial charge is 0.394 e. The van der Waals surface area contributed by atoms with Gasteiger partial charge in [0.05, 0.1) is 0 Å². The third kappa shape index (κ3) is 156. The second-order valence-electron chi connectivity index (χ2n) is 23.7. The molecule has 0 unspecified atom stereocenters. The number of aliphatic hydroxyl groups excluding tert-OH is 1. The SMILES string of the molecule is C=O.C=O.C=O.C=O.C=O.C=O.C=O.C=O.C=O.C=O.CC(=O)N(C)[C@@H](Cc1ccccc1)C(=O)N(C)[C@@H](Cc1ccccc1)C(=O)N[C@@H](C)C(=O)N1CCCCC1.CC(C)C.CC(C)C.CC(C)C.CC(C)O.CCC(C)C.CCC(C)C.CCc1ccccc1.CCc1ccccc1.CN.CN.CN.CN.N.N.N.N.N.N. The molecule has 680 valence electrons. The summed E-state index contributed by atoms with van der Waals surface area (Å²) in [5.74, 6) is 3.19. The van der Waals surface area contributed by atoms with Gasteiger partial charge in [0, 0.05) is 53.1 Å². The van der Waals surface area contributed by atoms with Crippen LogP contribution < -0.4 is 65.2 Å². The maximum atomic E-state index is 13.9. The van der Waals surface area contributed by atoms with E-state index in [1.165, 1.54) is 68.9 Å². The first-order valence-corrected chi connectivity index (χ1v) is 35.6. The lowest BCUT2D eigenvalue weighted by Gasteiger charge is -2.35. The van der Waals surface area contributed by atoms with Crippen molar-refractivity contribution in [3.8, 4) is 0 Å². The van der Waals surface area contributed by atoms with Crippen molar-refractivity contribution >= 4 is 91.5 Å². The summed E-state index contributed by atoms with van der Waals surface area (Å²) in [7, 11) is 9.20. The zero-order valence-electron chi connectivity index (χ0n) is 77.1. The van der Waals surface area contributed by atoms with Crippen LogP contribution in [0.15, 0.2) is 121 Å². The van der Waals surface area contributed by atoms with Gasteiger partial charge in [-0.3, -0.25) is 19.2 Å². The molecule has 29 nitrogen and oxygen atoms in total. The molecule has 4 aromatic carbocycles. The molecular weight excluding hydrogens is 1460 g/mol. The van der Waals surface area contributed by atoms with E-state index in [-0.39, 0.29) is 67.1 Å². The minimum absolute atomic E-state index is 0. The second kappa shape index (κ2) is 160. The van der Waals surface area contributed by atoms with E-state index >= 15 is 0 Å². The van der Waals surface area contributed by atoms with Crippen molar-refractivity contribution in [2.75, 3.05) is 55.4 Å². The van der Waals surface area contributed by atoms with Crippen LogP contribution in [0.4, 0.5) is 0 Å². The van der Waals surface area contributed by atoms with Gasteiger partial charge in [0.15, 0.2) is 0 Å². The van der Waals surface area contributed by atoms with Crippen molar-refractivity contribution < 1.29 is 72.2 Å². The molecule has 1 fully saturated rings. The molecule has 0 aliphatic carbocycles. The normalized spacial score (nSPS) is 9.16. The summed E-state index contributed by atoms with van der Waals surface area (Å²) in [5, 5.41) is 10.9. The van der Waals surface area contributed by atoms with Gasteiger partial charge in [-0.25, -0.2) is 0 Å². The minimum Gasteiger partial charge on any atom is -0.394 e. The number of nitrogens with zero attached hydrogens (tertiary/aromatic N) is 3. The summed E-state index contributed by atoms with van der Waals surface area (Å²) in [6.45, 7) is 65.1. The lowest BCUT2D eigenvalue weighted by molar-refractivity contribution is -0.147. The number of carbonyl (C=O) groups excluding carboxylic acids is 14. The van der Waals surface area contributed by atoms with E-state index in [4.69, 9.17) is 53.1 Å². The Morgan fingerprint density at radius 3 is 0.746 bits per heavy atom. The highest BCUT2D eigenvalue weighted by molar-refractivity contribution is 5.94. The van der Waals surface area contributed by atoms with Crippen LogP contribution >= 0.6 is 0 Å². The van der Waals surface area contributed by atoms with E-state index in [2.05, 4.69) is 194 Å². The Balaban J connectivity index is -0.0000000403. The van der Waals surface area contributed by atoms with E-state index < -0.39 is 24.0 Å². The number of aliphatic hydroxyl groups is 1.